The van der Waals surface area contributed by atoms with Gasteiger partial charge in [-0.3, -0.25) is 14.4 Å². The van der Waals surface area contributed by atoms with E-state index in [0.717, 1.165) is 31.7 Å². The Morgan fingerprint density at radius 2 is 2.14 bits per heavy atom. The smallest absolute Gasteiger partial charge is 0.249 e. The van der Waals surface area contributed by atoms with Gasteiger partial charge in [-0.05, 0) is 19.4 Å². The number of hydrogen-bond acceptors (Lipinski definition) is 5. The van der Waals surface area contributed by atoms with Crippen molar-refractivity contribution in [2.75, 3.05) is 26.3 Å². The first-order valence-electron chi connectivity index (χ1n) is 10.4. The van der Waals surface area contributed by atoms with Crippen LogP contribution in [0.4, 0.5) is 0 Å². The van der Waals surface area contributed by atoms with E-state index in [-0.39, 0.29) is 5.91 Å². The van der Waals surface area contributed by atoms with Crippen LogP contribution in [0.1, 0.15) is 30.0 Å². The first-order chi connectivity index (χ1) is 14.0. The Hall–Kier alpha value is -2.22. The molecule has 3 heterocycles. The number of carbonyl (C=O) groups is 1. The Morgan fingerprint density at radius 1 is 1.31 bits per heavy atom. The molecule has 2 atom stereocenters. The maximum absolute atomic E-state index is 12.6. The highest BCUT2D eigenvalue weighted by atomic mass is 16.6. The first kappa shape index (κ1) is 20.1. The lowest BCUT2D eigenvalue weighted by Crippen LogP contribution is -2.52. The highest BCUT2D eigenvalue weighted by Crippen LogP contribution is 2.32. The third-order valence-corrected chi connectivity index (χ3v) is 5.73. The number of ether oxygens (including phenoxy) is 2. The molecule has 0 aliphatic carbocycles. The standard InChI is InChI=1S/C22H30N4O3/c1-3-26-14-19(12-24-26)13-25-8-9-29-22(15-25)10-20(28-16-22)21(27)23-11-18-6-4-17(2)5-7-18/h4-7,12,14,20H,3,8-11,13,15-16H2,1-2H3,(H,23,27). The number of rotatable bonds is 6. The van der Waals surface area contributed by atoms with E-state index in [4.69, 9.17) is 9.47 Å². The van der Waals surface area contributed by atoms with Gasteiger partial charge in [-0.2, -0.15) is 5.10 Å². The molecule has 1 amide bonds. The maximum Gasteiger partial charge on any atom is 0.249 e. The van der Waals surface area contributed by atoms with Gasteiger partial charge in [0.05, 0.1) is 19.4 Å². The van der Waals surface area contributed by atoms with Crippen molar-refractivity contribution in [2.45, 2.75) is 51.6 Å². The van der Waals surface area contributed by atoms with Gasteiger partial charge in [0.2, 0.25) is 5.91 Å². The molecule has 0 radical (unpaired) electrons. The fourth-order valence-electron chi connectivity index (χ4n) is 4.07. The summed E-state index contributed by atoms with van der Waals surface area (Å²) in [5.74, 6) is -0.0626. The molecule has 2 aliphatic heterocycles. The zero-order valence-electron chi connectivity index (χ0n) is 17.3. The molecule has 2 saturated heterocycles. The molecule has 4 rings (SSSR count). The monoisotopic (exact) mass is 398 g/mol. The SMILES string of the molecule is CCn1cc(CN2CCOC3(COC(C(=O)NCc4ccc(C)cc4)C3)C2)cn1. The Morgan fingerprint density at radius 3 is 2.90 bits per heavy atom. The summed E-state index contributed by atoms with van der Waals surface area (Å²) in [4.78, 5) is 15.0. The van der Waals surface area contributed by atoms with Crippen molar-refractivity contribution < 1.29 is 14.3 Å². The summed E-state index contributed by atoms with van der Waals surface area (Å²) in [6.07, 6.45) is 4.16. The van der Waals surface area contributed by atoms with E-state index in [2.05, 4.69) is 47.5 Å². The molecule has 2 unspecified atom stereocenters. The maximum atomic E-state index is 12.6. The summed E-state index contributed by atoms with van der Waals surface area (Å²) in [6.45, 7) is 9.13. The van der Waals surface area contributed by atoms with Crippen LogP contribution in [0.5, 0.6) is 0 Å². The van der Waals surface area contributed by atoms with Crippen LogP contribution < -0.4 is 5.32 Å². The normalized spacial score (nSPS) is 24.8. The lowest BCUT2D eigenvalue weighted by Gasteiger charge is -2.39. The average molecular weight is 399 g/mol. The summed E-state index contributed by atoms with van der Waals surface area (Å²) in [5.41, 5.74) is 3.10. The van der Waals surface area contributed by atoms with E-state index in [1.807, 2.05) is 23.0 Å². The highest BCUT2D eigenvalue weighted by molar-refractivity contribution is 5.81. The zero-order chi connectivity index (χ0) is 20.3. The number of carbonyl (C=O) groups excluding carboxylic acids is 1. The van der Waals surface area contributed by atoms with Crippen LogP contribution in [-0.2, 0) is 33.9 Å². The van der Waals surface area contributed by atoms with Crippen molar-refractivity contribution in [2.24, 2.45) is 0 Å². The van der Waals surface area contributed by atoms with Crippen LogP contribution in [-0.4, -0.2) is 58.6 Å². The molecule has 7 nitrogen and oxygen atoms in total. The Bertz CT molecular complexity index is 835. The first-order valence-corrected chi connectivity index (χ1v) is 10.4. The predicted molar refractivity (Wildman–Crippen MR) is 109 cm³/mol. The van der Waals surface area contributed by atoms with Crippen LogP contribution in [0.25, 0.3) is 0 Å². The van der Waals surface area contributed by atoms with E-state index in [0.29, 0.717) is 26.2 Å². The number of nitrogens with one attached hydrogen (secondary N) is 1. The van der Waals surface area contributed by atoms with Crippen LogP contribution in [0, 0.1) is 6.92 Å². The third kappa shape index (κ3) is 4.86. The van der Waals surface area contributed by atoms with Gasteiger partial charge in [-0.1, -0.05) is 29.8 Å². The minimum atomic E-state index is -0.455. The summed E-state index contributed by atoms with van der Waals surface area (Å²) in [6, 6.07) is 8.18. The molecule has 1 aromatic heterocycles. The second-order valence-corrected chi connectivity index (χ2v) is 8.15. The van der Waals surface area contributed by atoms with Gasteiger partial charge in [-0.25, -0.2) is 0 Å². The molecule has 1 spiro atoms. The van der Waals surface area contributed by atoms with Gasteiger partial charge in [0.25, 0.3) is 0 Å². The number of amides is 1. The van der Waals surface area contributed by atoms with E-state index in [1.54, 1.807) is 0 Å². The molecule has 1 N–H and O–H groups in total. The minimum Gasteiger partial charge on any atom is -0.370 e. The molecule has 2 aliphatic rings. The fraction of sp³-hybridized carbons (Fsp3) is 0.545. The van der Waals surface area contributed by atoms with Gasteiger partial charge in [0.15, 0.2) is 0 Å². The van der Waals surface area contributed by atoms with E-state index in [9.17, 15) is 4.79 Å². The van der Waals surface area contributed by atoms with Gasteiger partial charge < -0.3 is 14.8 Å². The lowest BCUT2D eigenvalue weighted by molar-refractivity contribution is -0.130. The van der Waals surface area contributed by atoms with Gasteiger partial charge in [0.1, 0.15) is 11.7 Å². The molecule has 0 saturated carbocycles. The summed E-state index contributed by atoms with van der Waals surface area (Å²) >= 11 is 0. The average Bonchev–Trinajstić information content (AvgIpc) is 3.35. The molecule has 0 bridgehead atoms. The van der Waals surface area contributed by atoms with Crippen LogP contribution in [0.15, 0.2) is 36.7 Å². The third-order valence-electron chi connectivity index (χ3n) is 5.73. The molecular formula is C22H30N4O3. The number of nitrogens with zero attached hydrogens (tertiary/aromatic N) is 3. The van der Waals surface area contributed by atoms with Crippen molar-refractivity contribution in [1.29, 1.82) is 0 Å². The largest absolute Gasteiger partial charge is 0.370 e. The van der Waals surface area contributed by atoms with Crippen molar-refractivity contribution in [3.05, 3.63) is 53.3 Å². The second-order valence-electron chi connectivity index (χ2n) is 8.15. The molecular weight excluding hydrogens is 368 g/mol. The lowest BCUT2D eigenvalue weighted by atomic mass is 9.97. The molecule has 2 aromatic rings. The van der Waals surface area contributed by atoms with Crippen molar-refractivity contribution in [1.82, 2.24) is 20.0 Å². The van der Waals surface area contributed by atoms with Gasteiger partial charge >= 0.3 is 0 Å². The van der Waals surface area contributed by atoms with Gasteiger partial charge in [-0.15, -0.1) is 0 Å². The van der Waals surface area contributed by atoms with Crippen LogP contribution >= 0.6 is 0 Å². The van der Waals surface area contributed by atoms with Crippen molar-refractivity contribution >= 4 is 5.91 Å². The van der Waals surface area contributed by atoms with Gasteiger partial charge in [0, 0.05) is 50.9 Å². The van der Waals surface area contributed by atoms with E-state index < -0.39 is 11.7 Å². The number of morpholine rings is 1. The van der Waals surface area contributed by atoms with Crippen LogP contribution in [0.3, 0.4) is 0 Å². The Kier molecular flexibility index (Phi) is 5.99. The summed E-state index contributed by atoms with van der Waals surface area (Å²) in [5, 5.41) is 7.35. The molecule has 1 aromatic carbocycles. The Labute approximate surface area is 172 Å². The van der Waals surface area contributed by atoms with E-state index in [1.165, 1.54) is 11.1 Å². The zero-order valence-corrected chi connectivity index (χ0v) is 17.3. The van der Waals surface area contributed by atoms with Crippen molar-refractivity contribution in [3.63, 3.8) is 0 Å². The quantitative estimate of drug-likeness (QED) is 0.805. The fourth-order valence-corrected chi connectivity index (χ4v) is 4.07. The van der Waals surface area contributed by atoms with Crippen molar-refractivity contribution in [3.8, 4) is 0 Å². The summed E-state index contributed by atoms with van der Waals surface area (Å²) in [7, 11) is 0. The summed E-state index contributed by atoms with van der Waals surface area (Å²) < 4.78 is 13.9. The molecule has 29 heavy (non-hydrogen) atoms. The molecule has 2 fully saturated rings. The second kappa shape index (κ2) is 8.65. The molecule has 7 heteroatoms. The number of aryl methyl sites for hydroxylation is 2. The highest BCUT2D eigenvalue weighted by Gasteiger charge is 2.46. The number of aromatic nitrogens is 2. The topological polar surface area (TPSA) is 68.6 Å². The minimum absolute atomic E-state index is 0.0626. The number of hydrogen-bond donors (Lipinski definition) is 1. The number of benzene rings is 1. The Balaban J connectivity index is 1.30. The van der Waals surface area contributed by atoms with E-state index >= 15 is 0 Å². The molecule has 156 valence electrons. The predicted octanol–water partition coefficient (Wildman–Crippen LogP) is 1.89. The van der Waals surface area contributed by atoms with Crippen LogP contribution in [0.2, 0.25) is 0 Å².